The Kier molecular flexibility index (Phi) is 3.27. The first-order valence-corrected chi connectivity index (χ1v) is 7.20. The summed E-state index contributed by atoms with van der Waals surface area (Å²) in [6.07, 6.45) is 0. The van der Waals surface area contributed by atoms with Crippen molar-refractivity contribution >= 4 is 40.7 Å². The average molecular weight is 322 g/mol. The number of carbonyl (C=O) groups is 3. The zero-order valence-corrected chi connectivity index (χ0v) is 12.3. The molecule has 0 radical (unpaired) electrons. The number of halogens is 1. The number of hydrogen-bond acceptors (Lipinski definition) is 5. The number of carbonyl (C=O) groups excluding carboxylic acids is 3. The van der Waals surface area contributed by atoms with E-state index < -0.39 is 17.8 Å². The molecule has 2 heterocycles. The summed E-state index contributed by atoms with van der Waals surface area (Å²) in [5.74, 6) is -2.14. The van der Waals surface area contributed by atoms with Crippen LogP contribution in [0.4, 0.5) is 0 Å². The zero-order chi connectivity index (χ0) is 15.1. The highest BCUT2D eigenvalue weighted by Gasteiger charge is 2.39. The second-order valence-corrected chi connectivity index (χ2v) is 5.65. The van der Waals surface area contributed by atoms with Gasteiger partial charge in [0.25, 0.3) is 11.8 Å². The summed E-state index contributed by atoms with van der Waals surface area (Å²) >= 11 is 7.07. The average Bonchev–Trinajstić information content (AvgIpc) is 2.93. The normalized spacial score (nSPS) is 13.5. The van der Waals surface area contributed by atoms with Crippen molar-refractivity contribution < 1.29 is 19.2 Å². The Morgan fingerprint density at radius 1 is 1.19 bits per heavy atom. The molecule has 1 aliphatic rings. The molecule has 0 N–H and O–H groups in total. The fourth-order valence-electron chi connectivity index (χ4n) is 1.94. The van der Waals surface area contributed by atoms with Gasteiger partial charge in [0.05, 0.1) is 16.1 Å². The van der Waals surface area contributed by atoms with Crippen molar-refractivity contribution in [2.75, 3.05) is 0 Å². The quantitative estimate of drug-likeness (QED) is 0.797. The lowest BCUT2D eigenvalue weighted by atomic mass is 10.1. The molecule has 21 heavy (non-hydrogen) atoms. The van der Waals surface area contributed by atoms with Crippen LogP contribution in [0.5, 0.6) is 0 Å². The number of rotatable bonds is 2. The number of imide groups is 1. The summed E-state index contributed by atoms with van der Waals surface area (Å²) in [5.41, 5.74) is 1.16. The van der Waals surface area contributed by atoms with Crippen LogP contribution in [0.25, 0.3) is 0 Å². The van der Waals surface area contributed by atoms with E-state index >= 15 is 0 Å². The van der Waals surface area contributed by atoms with Crippen LogP contribution >= 0.6 is 22.9 Å². The molecule has 1 aliphatic heterocycles. The number of amides is 2. The molecule has 3 rings (SSSR count). The van der Waals surface area contributed by atoms with Gasteiger partial charge in [0, 0.05) is 0 Å². The predicted molar refractivity (Wildman–Crippen MR) is 76.4 cm³/mol. The predicted octanol–water partition coefficient (Wildman–Crippen LogP) is 3.08. The van der Waals surface area contributed by atoms with Crippen LogP contribution in [-0.2, 0) is 4.84 Å². The zero-order valence-electron chi connectivity index (χ0n) is 10.8. The summed E-state index contributed by atoms with van der Waals surface area (Å²) in [4.78, 5) is 41.2. The SMILES string of the molecule is Cc1csc(C(=O)ON2C(=O)c3ccccc3C2=O)c1Cl. The standard InChI is InChI=1S/C14H8ClNO4S/c1-7-6-21-11(10(7)15)14(19)20-16-12(17)8-4-2-3-5-9(8)13(16)18/h2-6H,1H3. The van der Waals surface area contributed by atoms with Gasteiger partial charge < -0.3 is 4.84 Å². The minimum atomic E-state index is -0.826. The lowest BCUT2D eigenvalue weighted by Gasteiger charge is -2.11. The smallest absolute Gasteiger partial charge is 0.323 e. The van der Waals surface area contributed by atoms with Gasteiger partial charge in [-0.2, -0.15) is 0 Å². The molecule has 106 valence electrons. The van der Waals surface area contributed by atoms with E-state index in [1.54, 1.807) is 24.4 Å². The highest BCUT2D eigenvalue weighted by Crippen LogP contribution is 2.29. The van der Waals surface area contributed by atoms with Crippen LogP contribution in [0, 0.1) is 6.92 Å². The Labute approximate surface area is 128 Å². The van der Waals surface area contributed by atoms with Crippen LogP contribution in [0.1, 0.15) is 36.0 Å². The van der Waals surface area contributed by atoms with Crippen molar-refractivity contribution in [3.63, 3.8) is 0 Å². The molecule has 0 atom stereocenters. The van der Waals surface area contributed by atoms with Crippen molar-refractivity contribution in [3.8, 4) is 0 Å². The molecule has 2 aromatic rings. The van der Waals surface area contributed by atoms with Gasteiger partial charge in [0.1, 0.15) is 4.88 Å². The molecule has 0 fully saturated rings. The van der Waals surface area contributed by atoms with E-state index in [-0.39, 0.29) is 21.0 Å². The van der Waals surface area contributed by atoms with Crippen LogP contribution in [0.3, 0.4) is 0 Å². The van der Waals surface area contributed by atoms with Gasteiger partial charge >= 0.3 is 5.97 Å². The van der Waals surface area contributed by atoms with Gasteiger partial charge in [-0.15, -0.1) is 11.3 Å². The van der Waals surface area contributed by atoms with Gasteiger partial charge in [0.2, 0.25) is 0 Å². The monoisotopic (exact) mass is 321 g/mol. The lowest BCUT2D eigenvalue weighted by molar-refractivity contribution is -0.0581. The summed E-state index contributed by atoms with van der Waals surface area (Å²) in [5, 5.41) is 2.43. The molecule has 0 saturated carbocycles. The molecule has 0 spiro atoms. The topological polar surface area (TPSA) is 63.7 Å². The Morgan fingerprint density at radius 3 is 2.24 bits per heavy atom. The van der Waals surface area contributed by atoms with E-state index in [2.05, 4.69) is 0 Å². The maximum Gasteiger partial charge on any atom is 0.375 e. The molecule has 5 nitrogen and oxygen atoms in total. The fourth-order valence-corrected chi connectivity index (χ4v) is 3.08. The number of hydroxylamine groups is 2. The van der Waals surface area contributed by atoms with Gasteiger partial charge in [-0.05, 0) is 30.0 Å². The Bertz CT molecular complexity index is 748. The number of nitrogens with zero attached hydrogens (tertiary/aromatic N) is 1. The van der Waals surface area contributed by atoms with E-state index in [1.807, 2.05) is 0 Å². The second-order valence-electron chi connectivity index (χ2n) is 4.39. The highest BCUT2D eigenvalue weighted by atomic mass is 35.5. The first-order valence-electron chi connectivity index (χ1n) is 5.94. The van der Waals surface area contributed by atoms with Gasteiger partial charge in [-0.1, -0.05) is 28.8 Å². The maximum absolute atomic E-state index is 12.1. The molecular weight excluding hydrogens is 314 g/mol. The van der Waals surface area contributed by atoms with Crippen molar-refractivity contribution in [2.24, 2.45) is 0 Å². The molecule has 1 aromatic carbocycles. The van der Waals surface area contributed by atoms with E-state index in [0.29, 0.717) is 5.06 Å². The minimum Gasteiger partial charge on any atom is -0.323 e. The van der Waals surface area contributed by atoms with E-state index in [0.717, 1.165) is 16.9 Å². The summed E-state index contributed by atoms with van der Waals surface area (Å²) < 4.78 is 0. The van der Waals surface area contributed by atoms with Crippen molar-refractivity contribution in [1.29, 1.82) is 0 Å². The van der Waals surface area contributed by atoms with Crippen LogP contribution in [-0.4, -0.2) is 22.8 Å². The number of fused-ring (bicyclic) bond motifs is 1. The van der Waals surface area contributed by atoms with Crippen LogP contribution < -0.4 is 0 Å². The summed E-state index contributed by atoms with van der Waals surface area (Å²) in [7, 11) is 0. The highest BCUT2D eigenvalue weighted by molar-refractivity contribution is 7.12. The van der Waals surface area contributed by atoms with Crippen molar-refractivity contribution in [2.45, 2.75) is 6.92 Å². The van der Waals surface area contributed by atoms with Gasteiger partial charge in [-0.3, -0.25) is 9.59 Å². The van der Waals surface area contributed by atoms with Gasteiger partial charge in [0.15, 0.2) is 0 Å². The third-order valence-electron chi connectivity index (χ3n) is 3.02. The molecule has 7 heteroatoms. The first-order chi connectivity index (χ1) is 10.0. The molecule has 1 aromatic heterocycles. The largest absolute Gasteiger partial charge is 0.375 e. The maximum atomic E-state index is 12.1. The third-order valence-corrected chi connectivity index (χ3v) is 4.69. The van der Waals surface area contributed by atoms with Gasteiger partial charge in [-0.25, -0.2) is 4.79 Å². The summed E-state index contributed by atoms with van der Waals surface area (Å²) in [6, 6.07) is 6.28. The van der Waals surface area contributed by atoms with Crippen molar-refractivity contribution in [3.05, 3.63) is 56.2 Å². The lowest BCUT2D eigenvalue weighted by Crippen LogP contribution is -2.32. The molecule has 0 aliphatic carbocycles. The van der Waals surface area contributed by atoms with E-state index in [1.165, 1.54) is 12.1 Å². The number of hydrogen-bond donors (Lipinski definition) is 0. The molecule has 0 unspecified atom stereocenters. The number of aryl methyl sites for hydroxylation is 1. The second kappa shape index (κ2) is 4.98. The molecular formula is C14H8ClNO4S. The Morgan fingerprint density at radius 2 is 1.76 bits per heavy atom. The van der Waals surface area contributed by atoms with Crippen LogP contribution in [0.15, 0.2) is 29.6 Å². The minimum absolute atomic E-state index is 0.158. The summed E-state index contributed by atoms with van der Waals surface area (Å²) in [6.45, 7) is 1.75. The molecule has 0 bridgehead atoms. The van der Waals surface area contributed by atoms with Crippen LogP contribution in [0.2, 0.25) is 5.02 Å². The Hall–Kier alpha value is -2.18. The Balaban J connectivity index is 1.87. The number of benzene rings is 1. The van der Waals surface area contributed by atoms with Crippen molar-refractivity contribution in [1.82, 2.24) is 5.06 Å². The molecule has 2 amide bonds. The third kappa shape index (κ3) is 2.12. The van der Waals surface area contributed by atoms with E-state index in [9.17, 15) is 14.4 Å². The van der Waals surface area contributed by atoms with E-state index in [4.69, 9.17) is 16.4 Å². The number of thiophene rings is 1. The first kappa shape index (κ1) is 13.8. The molecule has 0 saturated heterocycles. The fraction of sp³-hybridized carbons (Fsp3) is 0.0714.